The van der Waals surface area contributed by atoms with Gasteiger partial charge in [-0.25, -0.2) is 15.0 Å². The maximum Gasteiger partial charge on any atom is 0.237 e. The Bertz CT molecular complexity index is 865. The Labute approximate surface area is 156 Å². The van der Waals surface area contributed by atoms with Crippen molar-refractivity contribution in [3.8, 4) is 5.75 Å². The van der Waals surface area contributed by atoms with Gasteiger partial charge in [0.05, 0.1) is 18.2 Å². The number of benzene rings is 1. The van der Waals surface area contributed by atoms with Crippen LogP contribution in [0.4, 0.5) is 5.69 Å². The van der Waals surface area contributed by atoms with Gasteiger partial charge in [-0.3, -0.25) is 4.79 Å². The number of hydrogen-bond donors (Lipinski definition) is 2. The van der Waals surface area contributed by atoms with Crippen molar-refractivity contribution in [3.05, 3.63) is 36.9 Å². The highest BCUT2D eigenvalue weighted by atomic mass is 32.2. The van der Waals surface area contributed by atoms with Crippen molar-refractivity contribution in [3.63, 3.8) is 0 Å². The molecule has 2 aromatic heterocycles. The quantitative estimate of drug-likeness (QED) is 0.357. The summed E-state index contributed by atoms with van der Waals surface area (Å²) >= 11 is 1.36. The third-order valence-electron chi connectivity index (χ3n) is 3.73. The second-order valence-corrected chi connectivity index (χ2v) is 7.09. The number of carbonyl (C=O) groups is 1. The Kier molecular flexibility index (Phi) is 6.06. The SMILES string of the molecule is CCCCOc1ccc(NC(=O)[C@H](C)Sc2ncnc3nc[nH]c23)cc1. The molecule has 0 aliphatic carbocycles. The number of imidazole rings is 1. The number of amides is 1. The molecule has 3 aromatic rings. The highest BCUT2D eigenvalue weighted by molar-refractivity contribution is 8.00. The lowest BCUT2D eigenvalue weighted by Gasteiger charge is -2.12. The summed E-state index contributed by atoms with van der Waals surface area (Å²) in [7, 11) is 0. The van der Waals surface area contributed by atoms with Crippen LogP contribution in [0.15, 0.2) is 41.9 Å². The molecular formula is C18H21N5O2S. The lowest BCUT2D eigenvalue weighted by atomic mass is 10.3. The third kappa shape index (κ3) is 4.51. The fourth-order valence-corrected chi connectivity index (χ4v) is 3.14. The van der Waals surface area contributed by atoms with Crippen molar-refractivity contribution in [2.45, 2.75) is 37.0 Å². The number of carbonyl (C=O) groups excluding carboxylic acids is 1. The van der Waals surface area contributed by atoms with Crippen molar-refractivity contribution in [2.75, 3.05) is 11.9 Å². The smallest absolute Gasteiger partial charge is 0.237 e. The highest BCUT2D eigenvalue weighted by Gasteiger charge is 2.18. The van der Waals surface area contributed by atoms with Crippen molar-refractivity contribution in [1.29, 1.82) is 0 Å². The van der Waals surface area contributed by atoms with Crippen molar-refractivity contribution in [2.24, 2.45) is 0 Å². The van der Waals surface area contributed by atoms with Gasteiger partial charge < -0.3 is 15.0 Å². The van der Waals surface area contributed by atoms with Crippen molar-refractivity contribution in [1.82, 2.24) is 19.9 Å². The molecule has 0 radical (unpaired) electrons. The monoisotopic (exact) mass is 371 g/mol. The molecule has 0 spiro atoms. The van der Waals surface area contributed by atoms with E-state index in [1.54, 1.807) is 6.33 Å². The lowest BCUT2D eigenvalue weighted by molar-refractivity contribution is -0.115. The number of unbranched alkanes of at least 4 members (excludes halogenated alkanes) is 1. The van der Waals surface area contributed by atoms with E-state index in [0.717, 1.165) is 29.8 Å². The molecule has 136 valence electrons. The summed E-state index contributed by atoms with van der Waals surface area (Å²) in [4.78, 5) is 27.9. The van der Waals surface area contributed by atoms with Crippen LogP contribution in [0.3, 0.4) is 0 Å². The molecule has 2 N–H and O–H groups in total. The second-order valence-electron chi connectivity index (χ2n) is 5.76. The Morgan fingerprint density at radius 3 is 2.85 bits per heavy atom. The number of nitrogens with zero attached hydrogens (tertiary/aromatic N) is 3. The molecule has 0 aliphatic rings. The van der Waals surface area contributed by atoms with Crippen LogP contribution in [0.1, 0.15) is 26.7 Å². The number of fused-ring (bicyclic) bond motifs is 1. The van der Waals surface area contributed by atoms with Gasteiger partial charge in [0.1, 0.15) is 22.6 Å². The van der Waals surface area contributed by atoms with Gasteiger partial charge in [0.25, 0.3) is 0 Å². The van der Waals surface area contributed by atoms with Gasteiger partial charge in [-0.2, -0.15) is 0 Å². The molecule has 0 aliphatic heterocycles. The van der Waals surface area contributed by atoms with E-state index in [4.69, 9.17) is 4.74 Å². The topological polar surface area (TPSA) is 92.8 Å². The zero-order chi connectivity index (χ0) is 18.4. The largest absolute Gasteiger partial charge is 0.494 e. The van der Waals surface area contributed by atoms with Crippen molar-refractivity contribution < 1.29 is 9.53 Å². The maximum absolute atomic E-state index is 12.5. The van der Waals surface area contributed by atoms with Crippen LogP contribution in [0, 0.1) is 0 Å². The molecule has 26 heavy (non-hydrogen) atoms. The summed E-state index contributed by atoms with van der Waals surface area (Å²) in [5.74, 6) is 0.711. The van der Waals surface area contributed by atoms with E-state index >= 15 is 0 Å². The number of thioether (sulfide) groups is 1. The minimum absolute atomic E-state index is 0.0964. The second kappa shape index (κ2) is 8.66. The highest BCUT2D eigenvalue weighted by Crippen LogP contribution is 2.27. The third-order valence-corrected chi connectivity index (χ3v) is 4.83. The molecule has 0 bridgehead atoms. The molecule has 8 heteroatoms. The first-order valence-electron chi connectivity index (χ1n) is 8.52. The zero-order valence-corrected chi connectivity index (χ0v) is 15.5. The van der Waals surface area contributed by atoms with E-state index in [1.165, 1.54) is 18.1 Å². The molecule has 1 amide bonds. The van der Waals surface area contributed by atoms with Crippen molar-refractivity contribution >= 4 is 34.5 Å². The number of rotatable bonds is 8. The van der Waals surface area contributed by atoms with Crippen LogP contribution in [-0.4, -0.2) is 37.7 Å². The van der Waals surface area contributed by atoms with Gasteiger partial charge in [0, 0.05) is 5.69 Å². The van der Waals surface area contributed by atoms with Gasteiger partial charge in [-0.1, -0.05) is 25.1 Å². The van der Waals surface area contributed by atoms with Crippen LogP contribution in [-0.2, 0) is 4.79 Å². The molecule has 0 saturated carbocycles. The molecule has 1 atom stereocenters. The number of nitrogens with one attached hydrogen (secondary N) is 2. The first-order valence-corrected chi connectivity index (χ1v) is 9.39. The number of anilines is 1. The Morgan fingerprint density at radius 2 is 2.08 bits per heavy atom. The standard InChI is InChI=1S/C18H21N5O2S/c1-3-4-9-25-14-7-5-13(6-8-14)23-17(24)12(2)26-18-15-16(20-10-19-15)21-11-22-18/h5-8,10-12H,3-4,9H2,1-2H3,(H,23,24)(H,19,20,21,22)/t12-/m0/s1. The minimum atomic E-state index is -0.322. The summed E-state index contributed by atoms with van der Waals surface area (Å²) < 4.78 is 5.63. The van der Waals surface area contributed by atoms with Crippen LogP contribution in [0.2, 0.25) is 0 Å². The predicted molar refractivity (Wildman–Crippen MR) is 102 cm³/mol. The van der Waals surface area contributed by atoms with Crippen LogP contribution >= 0.6 is 11.8 Å². The molecule has 1 aromatic carbocycles. The maximum atomic E-state index is 12.5. The van der Waals surface area contributed by atoms with Crippen LogP contribution < -0.4 is 10.1 Å². The van der Waals surface area contributed by atoms with Crippen LogP contribution in [0.5, 0.6) is 5.75 Å². The summed E-state index contributed by atoms with van der Waals surface area (Å²) in [6, 6.07) is 7.41. The Hall–Kier alpha value is -2.61. The average molecular weight is 371 g/mol. The fourth-order valence-electron chi connectivity index (χ4n) is 2.27. The first-order chi connectivity index (χ1) is 12.7. The molecule has 7 nitrogen and oxygen atoms in total. The lowest BCUT2D eigenvalue weighted by Crippen LogP contribution is -2.22. The summed E-state index contributed by atoms with van der Waals surface area (Å²) in [6.07, 6.45) is 5.15. The summed E-state index contributed by atoms with van der Waals surface area (Å²) in [6.45, 7) is 4.67. The number of H-pyrrole nitrogens is 1. The molecule has 2 heterocycles. The van der Waals surface area contributed by atoms with Crippen LogP contribution in [0.25, 0.3) is 11.2 Å². The molecule has 0 unspecified atom stereocenters. The molecule has 3 rings (SSSR count). The number of aromatic amines is 1. The molecular weight excluding hydrogens is 350 g/mol. The zero-order valence-electron chi connectivity index (χ0n) is 14.7. The van der Waals surface area contributed by atoms with Gasteiger partial charge in [0.2, 0.25) is 5.91 Å². The average Bonchev–Trinajstić information content (AvgIpc) is 3.13. The van der Waals surface area contributed by atoms with E-state index in [2.05, 4.69) is 32.2 Å². The van der Waals surface area contributed by atoms with E-state index in [0.29, 0.717) is 17.3 Å². The summed E-state index contributed by atoms with van der Waals surface area (Å²) in [5, 5.41) is 3.29. The Morgan fingerprint density at radius 1 is 1.27 bits per heavy atom. The van der Waals surface area contributed by atoms with Gasteiger partial charge in [-0.15, -0.1) is 0 Å². The Balaban J connectivity index is 1.58. The first kappa shape index (κ1) is 18.2. The molecule has 0 saturated heterocycles. The summed E-state index contributed by atoms with van der Waals surface area (Å²) in [5.41, 5.74) is 2.07. The number of aromatic nitrogens is 4. The van der Waals surface area contributed by atoms with Gasteiger partial charge in [0.15, 0.2) is 5.65 Å². The fraction of sp³-hybridized carbons (Fsp3) is 0.333. The van der Waals surface area contributed by atoms with E-state index in [9.17, 15) is 4.79 Å². The number of ether oxygens (including phenoxy) is 1. The minimum Gasteiger partial charge on any atom is -0.494 e. The number of hydrogen-bond acceptors (Lipinski definition) is 6. The normalized spacial score (nSPS) is 12.1. The van der Waals surface area contributed by atoms with E-state index < -0.39 is 0 Å². The van der Waals surface area contributed by atoms with E-state index in [-0.39, 0.29) is 11.2 Å². The van der Waals surface area contributed by atoms with Gasteiger partial charge in [-0.05, 0) is 37.6 Å². The van der Waals surface area contributed by atoms with E-state index in [1.807, 2.05) is 31.2 Å². The van der Waals surface area contributed by atoms with Gasteiger partial charge >= 0.3 is 0 Å². The molecule has 0 fully saturated rings. The predicted octanol–water partition coefficient (Wildman–Crippen LogP) is 3.65.